The Balaban J connectivity index is 1.55. The van der Waals surface area contributed by atoms with Crippen molar-refractivity contribution >= 4 is 35.1 Å². The third-order valence-electron chi connectivity index (χ3n) is 5.50. The van der Waals surface area contributed by atoms with Crippen LogP contribution in [-0.4, -0.2) is 31.4 Å². The van der Waals surface area contributed by atoms with E-state index in [-0.39, 0.29) is 12.5 Å². The van der Waals surface area contributed by atoms with Crippen molar-refractivity contribution in [3.63, 3.8) is 0 Å². The van der Waals surface area contributed by atoms with Gasteiger partial charge in [-0.3, -0.25) is 9.59 Å². The number of aromatic nitrogens is 1. The van der Waals surface area contributed by atoms with Crippen LogP contribution in [0.2, 0.25) is 5.02 Å². The van der Waals surface area contributed by atoms with Gasteiger partial charge in [-0.2, -0.15) is 0 Å². The summed E-state index contributed by atoms with van der Waals surface area (Å²) < 4.78 is 10.7. The maximum atomic E-state index is 13.0. The number of rotatable bonds is 8. The molecule has 178 valence electrons. The summed E-state index contributed by atoms with van der Waals surface area (Å²) in [5.74, 6) is 0.962. The third kappa shape index (κ3) is 5.37. The van der Waals surface area contributed by atoms with Crippen LogP contribution < -0.4 is 14.8 Å². The number of nitrogens with one attached hydrogen (secondary N) is 1. The molecule has 0 bridgehead atoms. The molecule has 1 heterocycles. The maximum absolute atomic E-state index is 13.0. The quantitative estimate of drug-likeness (QED) is 0.288. The molecule has 0 saturated heterocycles. The number of ether oxygens (including phenoxy) is 2. The molecular weight excluding hydrogens is 484 g/mol. The highest BCUT2D eigenvalue weighted by atomic mass is 35.5. The zero-order valence-electron chi connectivity index (χ0n) is 19.4. The minimum atomic E-state index is -0.208. The Morgan fingerprint density at radius 1 is 0.971 bits per heavy atom. The van der Waals surface area contributed by atoms with E-state index in [0.717, 1.165) is 33.5 Å². The number of nitrogens with zero attached hydrogens (tertiary/aromatic N) is 1. The highest BCUT2D eigenvalue weighted by molar-refractivity contribution is 7.17. The Bertz CT molecular complexity index is 1380. The van der Waals surface area contributed by atoms with Gasteiger partial charge in [0.05, 0.1) is 25.5 Å². The maximum Gasteiger partial charge on any atom is 0.263 e. The first-order valence-electron chi connectivity index (χ1n) is 10.8. The molecule has 4 rings (SSSR count). The van der Waals surface area contributed by atoms with Crippen molar-refractivity contribution < 1.29 is 19.1 Å². The molecule has 1 N–H and O–H groups in total. The molecule has 3 aromatic carbocycles. The van der Waals surface area contributed by atoms with E-state index in [1.54, 1.807) is 31.4 Å². The molecule has 8 heteroatoms. The minimum absolute atomic E-state index is 0.208. The predicted molar refractivity (Wildman–Crippen MR) is 139 cm³/mol. The Labute approximate surface area is 212 Å². The first-order valence-corrected chi connectivity index (χ1v) is 11.9. The van der Waals surface area contributed by atoms with Gasteiger partial charge in [-0.1, -0.05) is 35.9 Å². The van der Waals surface area contributed by atoms with Crippen molar-refractivity contribution in [1.29, 1.82) is 0 Å². The molecule has 0 aliphatic heterocycles. The molecule has 1 amide bonds. The Hall–Kier alpha value is -3.68. The molecule has 0 aliphatic carbocycles. The van der Waals surface area contributed by atoms with E-state index in [2.05, 4.69) is 10.3 Å². The summed E-state index contributed by atoms with van der Waals surface area (Å²) in [6, 6.07) is 18.5. The first-order chi connectivity index (χ1) is 16.9. The second-order valence-electron chi connectivity index (χ2n) is 7.72. The molecule has 1 aromatic heterocycles. The average Bonchev–Trinajstić information content (AvgIpc) is 3.28. The Morgan fingerprint density at radius 2 is 1.60 bits per heavy atom. The van der Waals surface area contributed by atoms with Crippen molar-refractivity contribution in [3.8, 4) is 33.2 Å². The van der Waals surface area contributed by atoms with Gasteiger partial charge in [0.25, 0.3) is 5.91 Å². The number of aryl methyl sites for hydroxylation is 1. The predicted octanol–water partition coefficient (Wildman–Crippen LogP) is 6.20. The van der Waals surface area contributed by atoms with Gasteiger partial charge in [0, 0.05) is 22.7 Å². The van der Waals surface area contributed by atoms with E-state index < -0.39 is 0 Å². The van der Waals surface area contributed by atoms with Gasteiger partial charge in [-0.15, -0.1) is 11.3 Å². The van der Waals surface area contributed by atoms with E-state index in [4.69, 9.17) is 21.1 Å². The second kappa shape index (κ2) is 10.7. The summed E-state index contributed by atoms with van der Waals surface area (Å²) >= 11 is 7.31. The molecule has 0 unspecified atom stereocenters. The van der Waals surface area contributed by atoms with Crippen LogP contribution in [0.4, 0.5) is 0 Å². The average molecular weight is 507 g/mol. The SMILES string of the molecule is COc1ccc(-c2ccc(OC)c(CNC(=O)c3sc(-c4ccc(Cl)cc4)nc3C)c2)cc1C=O. The number of methoxy groups -OCH3 is 2. The van der Waals surface area contributed by atoms with Crippen molar-refractivity contribution in [2.45, 2.75) is 13.5 Å². The molecule has 4 aromatic rings. The smallest absolute Gasteiger partial charge is 0.263 e. The molecule has 0 fully saturated rings. The second-order valence-corrected chi connectivity index (χ2v) is 9.16. The lowest BCUT2D eigenvalue weighted by atomic mass is 10.00. The molecule has 0 saturated carbocycles. The van der Waals surface area contributed by atoms with Crippen LogP contribution in [0.1, 0.15) is 31.3 Å². The van der Waals surface area contributed by atoms with Crippen molar-refractivity contribution in [2.75, 3.05) is 14.2 Å². The number of hydrogen-bond donors (Lipinski definition) is 1. The topological polar surface area (TPSA) is 77.5 Å². The number of halogens is 1. The molecule has 6 nitrogen and oxygen atoms in total. The summed E-state index contributed by atoms with van der Waals surface area (Å²) in [5.41, 5.74) is 4.59. The molecular formula is C27H23ClN2O4S. The van der Waals surface area contributed by atoms with Crippen LogP contribution in [0.5, 0.6) is 11.5 Å². The fraction of sp³-hybridized carbons (Fsp3) is 0.148. The summed E-state index contributed by atoms with van der Waals surface area (Å²) in [7, 11) is 3.11. The van der Waals surface area contributed by atoms with Crippen LogP contribution in [-0.2, 0) is 6.54 Å². The highest BCUT2D eigenvalue weighted by Gasteiger charge is 2.17. The first kappa shape index (κ1) is 24.4. The molecule has 0 spiro atoms. The summed E-state index contributed by atoms with van der Waals surface area (Å²) in [6.45, 7) is 2.08. The standard InChI is InChI=1S/C27H23ClN2O4S/c1-16-25(35-27(30-16)17-4-8-22(28)9-5-17)26(32)29-14-20-12-18(6-10-23(20)33-2)19-7-11-24(34-3)21(13-19)15-31/h4-13,15H,14H2,1-3H3,(H,29,32). The van der Waals surface area contributed by atoms with Gasteiger partial charge >= 0.3 is 0 Å². The number of amides is 1. The van der Waals surface area contributed by atoms with Crippen LogP contribution in [0.25, 0.3) is 21.7 Å². The van der Waals surface area contributed by atoms with Crippen LogP contribution in [0.15, 0.2) is 60.7 Å². The van der Waals surface area contributed by atoms with Crippen molar-refractivity contribution in [1.82, 2.24) is 10.3 Å². The number of thiazole rings is 1. The monoisotopic (exact) mass is 506 g/mol. The van der Waals surface area contributed by atoms with E-state index in [1.807, 2.05) is 43.3 Å². The summed E-state index contributed by atoms with van der Waals surface area (Å²) in [5, 5.41) is 4.38. The van der Waals surface area contributed by atoms with E-state index >= 15 is 0 Å². The number of carbonyl (C=O) groups is 2. The molecule has 0 radical (unpaired) electrons. The van der Waals surface area contributed by atoms with Crippen LogP contribution in [0, 0.1) is 6.92 Å². The van der Waals surface area contributed by atoms with Gasteiger partial charge in [0.1, 0.15) is 21.4 Å². The fourth-order valence-corrected chi connectivity index (χ4v) is 4.80. The van der Waals surface area contributed by atoms with Crippen molar-refractivity contribution in [2.24, 2.45) is 0 Å². The van der Waals surface area contributed by atoms with Gasteiger partial charge in [-0.25, -0.2) is 4.98 Å². The summed E-state index contributed by atoms with van der Waals surface area (Å²) in [6.07, 6.45) is 0.767. The lowest BCUT2D eigenvalue weighted by Gasteiger charge is -2.13. The largest absolute Gasteiger partial charge is 0.496 e. The zero-order chi connectivity index (χ0) is 24.9. The van der Waals surface area contributed by atoms with Gasteiger partial charge in [0.15, 0.2) is 6.29 Å². The minimum Gasteiger partial charge on any atom is -0.496 e. The fourth-order valence-electron chi connectivity index (χ4n) is 3.68. The number of aldehydes is 1. The van der Waals surface area contributed by atoms with Crippen LogP contribution >= 0.6 is 22.9 Å². The Morgan fingerprint density at radius 3 is 2.26 bits per heavy atom. The zero-order valence-corrected chi connectivity index (χ0v) is 21.0. The van der Waals surface area contributed by atoms with E-state index in [0.29, 0.717) is 32.7 Å². The van der Waals surface area contributed by atoms with E-state index in [1.165, 1.54) is 18.4 Å². The lowest BCUT2D eigenvalue weighted by molar-refractivity contribution is 0.0953. The van der Waals surface area contributed by atoms with Gasteiger partial charge < -0.3 is 14.8 Å². The number of hydrogen-bond acceptors (Lipinski definition) is 6. The molecule has 0 aliphatic rings. The van der Waals surface area contributed by atoms with Crippen LogP contribution in [0.3, 0.4) is 0 Å². The van der Waals surface area contributed by atoms with E-state index in [9.17, 15) is 9.59 Å². The Kier molecular flexibility index (Phi) is 7.48. The van der Waals surface area contributed by atoms with Gasteiger partial charge in [-0.05, 0) is 54.4 Å². The summed E-state index contributed by atoms with van der Waals surface area (Å²) in [4.78, 5) is 29.5. The third-order valence-corrected chi connectivity index (χ3v) is 6.96. The lowest BCUT2D eigenvalue weighted by Crippen LogP contribution is -2.22. The molecule has 35 heavy (non-hydrogen) atoms. The van der Waals surface area contributed by atoms with Crippen molar-refractivity contribution in [3.05, 3.63) is 87.4 Å². The number of carbonyl (C=O) groups excluding carboxylic acids is 2. The normalized spacial score (nSPS) is 10.6. The van der Waals surface area contributed by atoms with Gasteiger partial charge in [0.2, 0.25) is 0 Å². The number of benzene rings is 3. The highest BCUT2D eigenvalue weighted by Crippen LogP contribution is 2.31. The molecule has 0 atom stereocenters.